The van der Waals surface area contributed by atoms with Crippen LogP contribution in [0.1, 0.15) is 30.4 Å². The molecule has 0 spiro atoms. The lowest BCUT2D eigenvalue weighted by molar-refractivity contribution is 0.179. The fourth-order valence-corrected chi connectivity index (χ4v) is 2.18. The summed E-state index contributed by atoms with van der Waals surface area (Å²) >= 11 is 0. The molecule has 0 aliphatic rings. The van der Waals surface area contributed by atoms with Gasteiger partial charge >= 0.3 is 0 Å². The van der Waals surface area contributed by atoms with Crippen LogP contribution in [0, 0.1) is 0 Å². The molecule has 1 N–H and O–H groups in total. The molecule has 0 aliphatic heterocycles. The van der Waals surface area contributed by atoms with E-state index < -0.39 is 0 Å². The first-order valence-electron chi connectivity index (χ1n) is 6.05. The van der Waals surface area contributed by atoms with Gasteiger partial charge in [0, 0.05) is 5.92 Å². The van der Waals surface area contributed by atoms with Crippen molar-refractivity contribution in [3.05, 3.63) is 71.8 Å². The van der Waals surface area contributed by atoms with E-state index in [0.717, 1.165) is 6.42 Å². The van der Waals surface area contributed by atoms with Crippen molar-refractivity contribution >= 4 is 0 Å². The molecule has 0 bridgehead atoms. The maximum absolute atomic E-state index is 9.65. The van der Waals surface area contributed by atoms with Gasteiger partial charge < -0.3 is 5.11 Å². The smallest absolute Gasteiger partial charge is 0.0521 e. The second kappa shape index (κ2) is 5.65. The zero-order valence-electron chi connectivity index (χ0n) is 10.1. The Morgan fingerprint density at radius 2 is 1.24 bits per heavy atom. The maximum Gasteiger partial charge on any atom is 0.0521 e. The Morgan fingerprint density at radius 3 is 1.59 bits per heavy atom. The van der Waals surface area contributed by atoms with E-state index >= 15 is 0 Å². The molecule has 0 saturated carbocycles. The summed E-state index contributed by atoms with van der Waals surface area (Å²) in [4.78, 5) is 0. The van der Waals surface area contributed by atoms with E-state index in [1.807, 2.05) is 43.3 Å². The highest BCUT2D eigenvalue weighted by molar-refractivity contribution is 5.32. The summed E-state index contributed by atoms with van der Waals surface area (Å²) < 4.78 is 0. The lowest BCUT2D eigenvalue weighted by atomic mass is 9.87. The van der Waals surface area contributed by atoms with Gasteiger partial charge in [0.2, 0.25) is 0 Å². The number of benzene rings is 2. The third-order valence-electron chi connectivity index (χ3n) is 2.98. The number of hydrogen-bond acceptors (Lipinski definition) is 1. The molecule has 1 atom stereocenters. The number of aliphatic hydroxyl groups excluding tert-OH is 1. The van der Waals surface area contributed by atoms with Crippen LogP contribution >= 0.6 is 0 Å². The van der Waals surface area contributed by atoms with Gasteiger partial charge in [0.1, 0.15) is 0 Å². The Bertz CT molecular complexity index is 394. The number of aliphatic hydroxyl groups is 1. The van der Waals surface area contributed by atoms with Crippen molar-refractivity contribution in [2.45, 2.75) is 25.4 Å². The monoisotopic (exact) mass is 226 g/mol. The second-order valence-corrected chi connectivity index (χ2v) is 4.46. The Balaban J connectivity index is 2.32. The van der Waals surface area contributed by atoms with Gasteiger partial charge in [-0.3, -0.25) is 0 Å². The summed E-state index contributed by atoms with van der Waals surface area (Å²) in [7, 11) is 0. The van der Waals surface area contributed by atoms with Crippen LogP contribution in [0.15, 0.2) is 60.7 Å². The van der Waals surface area contributed by atoms with Crippen LogP contribution in [0.5, 0.6) is 0 Å². The van der Waals surface area contributed by atoms with E-state index in [2.05, 4.69) is 24.3 Å². The van der Waals surface area contributed by atoms with E-state index in [4.69, 9.17) is 0 Å². The minimum Gasteiger partial charge on any atom is -0.393 e. The first-order chi connectivity index (χ1) is 8.27. The summed E-state index contributed by atoms with van der Waals surface area (Å²) in [6.07, 6.45) is 0.467. The quantitative estimate of drug-likeness (QED) is 0.844. The number of hydrogen-bond donors (Lipinski definition) is 1. The van der Waals surface area contributed by atoms with Gasteiger partial charge in [0.25, 0.3) is 0 Å². The summed E-state index contributed by atoms with van der Waals surface area (Å²) in [5.74, 6) is 0.275. The van der Waals surface area contributed by atoms with E-state index in [1.165, 1.54) is 11.1 Å². The molecule has 0 amide bonds. The highest BCUT2D eigenvalue weighted by atomic mass is 16.3. The Hall–Kier alpha value is -1.60. The van der Waals surface area contributed by atoms with Gasteiger partial charge in [0.05, 0.1) is 6.10 Å². The molecular weight excluding hydrogens is 208 g/mol. The first kappa shape index (κ1) is 11.9. The van der Waals surface area contributed by atoms with Crippen LogP contribution in [0.3, 0.4) is 0 Å². The summed E-state index contributed by atoms with van der Waals surface area (Å²) in [6, 6.07) is 20.7. The molecule has 88 valence electrons. The standard InChI is InChI=1S/C16H18O/c1-13(17)12-16(14-8-4-2-5-9-14)15-10-6-3-7-11-15/h2-11,13,16-17H,12H2,1H3/t13-/m1/s1. The average Bonchev–Trinajstić information content (AvgIpc) is 2.38. The highest BCUT2D eigenvalue weighted by Gasteiger charge is 2.15. The molecule has 2 aromatic rings. The molecule has 0 heterocycles. The first-order valence-corrected chi connectivity index (χ1v) is 6.05. The largest absolute Gasteiger partial charge is 0.393 e. The molecule has 1 heteroatoms. The van der Waals surface area contributed by atoms with Crippen LogP contribution in [0.4, 0.5) is 0 Å². The van der Waals surface area contributed by atoms with Crippen LogP contribution in [-0.4, -0.2) is 11.2 Å². The highest BCUT2D eigenvalue weighted by Crippen LogP contribution is 2.28. The molecule has 2 aromatic carbocycles. The minimum absolute atomic E-state index is 0.275. The van der Waals surface area contributed by atoms with E-state index in [-0.39, 0.29) is 12.0 Å². The predicted octanol–water partition coefficient (Wildman–Crippen LogP) is 3.59. The molecule has 0 unspecified atom stereocenters. The fourth-order valence-electron chi connectivity index (χ4n) is 2.18. The van der Waals surface area contributed by atoms with Crippen molar-refractivity contribution in [1.82, 2.24) is 0 Å². The lowest BCUT2D eigenvalue weighted by Crippen LogP contribution is -2.10. The Morgan fingerprint density at radius 1 is 0.824 bits per heavy atom. The van der Waals surface area contributed by atoms with Gasteiger partial charge in [-0.1, -0.05) is 60.7 Å². The van der Waals surface area contributed by atoms with Gasteiger partial charge in [-0.2, -0.15) is 0 Å². The van der Waals surface area contributed by atoms with E-state index in [9.17, 15) is 5.11 Å². The zero-order chi connectivity index (χ0) is 12.1. The third kappa shape index (κ3) is 3.18. The molecule has 2 rings (SSSR count). The van der Waals surface area contributed by atoms with E-state index in [1.54, 1.807) is 0 Å². The molecule has 0 saturated heterocycles. The molecule has 0 aromatic heterocycles. The van der Waals surface area contributed by atoms with Gasteiger partial charge in [0.15, 0.2) is 0 Å². The maximum atomic E-state index is 9.65. The molecular formula is C16H18O. The molecule has 0 aliphatic carbocycles. The van der Waals surface area contributed by atoms with Crippen LogP contribution < -0.4 is 0 Å². The SMILES string of the molecule is C[C@@H](O)CC(c1ccccc1)c1ccccc1. The van der Waals surface area contributed by atoms with Crippen molar-refractivity contribution in [1.29, 1.82) is 0 Å². The molecule has 0 fully saturated rings. The Kier molecular flexibility index (Phi) is 3.94. The predicted molar refractivity (Wildman–Crippen MR) is 71.0 cm³/mol. The third-order valence-corrected chi connectivity index (χ3v) is 2.98. The fraction of sp³-hybridized carbons (Fsp3) is 0.250. The molecule has 17 heavy (non-hydrogen) atoms. The van der Waals surface area contributed by atoms with Crippen LogP contribution in [0.25, 0.3) is 0 Å². The number of rotatable bonds is 4. The van der Waals surface area contributed by atoms with Crippen molar-refractivity contribution in [3.63, 3.8) is 0 Å². The van der Waals surface area contributed by atoms with Crippen molar-refractivity contribution < 1.29 is 5.11 Å². The summed E-state index contributed by atoms with van der Waals surface area (Å²) in [6.45, 7) is 1.85. The van der Waals surface area contributed by atoms with E-state index in [0.29, 0.717) is 0 Å². The Labute approximate surface area is 103 Å². The van der Waals surface area contributed by atoms with Crippen molar-refractivity contribution in [2.75, 3.05) is 0 Å². The molecule has 0 radical (unpaired) electrons. The van der Waals surface area contributed by atoms with Crippen LogP contribution in [-0.2, 0) is 0 Å². The zero-order valence-corrected chi connectivity index (χ0v) is 10.1. The van der Waals surface area contributed by atoms with Gasteiger partial charge in [-0.15, -0.1) is 0 Å². The van der Waals surface area contributed by atoms with Crippen LogP contribution in [0.2, 0.25) is 0 Å². The van der Waals surface area contributed by atoms with Gasteiger partial charge in [-0.25, -0.2) is 0 Å². The second-order valence-electron chi connectivity index (χ2n) is 4.46. The lowest BCUT2D eigenvalue weighted by Gasteiger charge is -2.19. The summed E-state index contributed by atoms with van der Waals surface area (Å²) in [5.41, 5.74) is 2.53. The van der Waals surface area contributed by atoms with Gasteiger partial charge in [-0.05, 0) is 24.5 Å². The van der Waals surface area contributed by atoms with Crippen molar-refractivity contribution in [2.24, 2.45) is 0 Å². The summed E-state index contributed by atoms with van der Waals surface area (Å²) in [5, 5.41) is 9.65. The minimum atomic E-state index is -0.291. The normalized spacial score (nSPS) is 12.6. The average molecular weight is 226 g/mol. The topological polar surface area (TPSA) is 20.2 Å². The van der Waals surface area contributed by atoms with Crippen molar-refractivity contribution in [3.8, 4) is 0 Å². The molecule has 1 nitrogen and oxygen atoms in total.